The van der Waals surface area contributed by atoms with Gasteiger partial charge in [-0.3, -0.25) is 0 Å². The zero-order valence-electron chi connectivity index (χ0n) is 6.60. The van der Waals surface area contributed by atoms with Crippen LogP contribution in [-0.4, -0.2) is 0 Å². The van der Waals surface area contributed by atoms with E-state index in [2.05, 4.69) is 12.6 Å². The first-order valence-electron chi connectivity index (χ1n) is 3.97. The van der Waals surface area contributed by atoms with Crippen molar-refractivity contribution in [3.63, 3.8) is 0 Å². The first-order valence-corrected chi connectivity index (χ1v) is 4.78. The average molecular weight is 158 g/mol. The van der Waals surface area contributed by atoms with Gasteiger partial charge in [0.25, 0.3) is 0 Å². The van der Waals surface area contributed by atoms with E-state index in [1.54, 1.807) is 0 Å². The Bertz CT molecular complexity index is 146. The molecule has 1 nitrogen and oxygen atoms in total. The van der Waals surface area contributed by atoms with Crippen LogP contribution in [0.3, 0.4) is 0 Å². The molecule has 0 N–H and O–H groups in total. The van der Waals surface area contributed by atoms with Gasteiger partial charge < -0.3 is 0 Å². The maximum absolute atomic E-state index is 9.88. The molecule has 0 saturated heterocycles. The number of unbranched alkanes of at least 4 members (excludes halogenated alkanes) is 5. The minimum absolute atomic E-state index is 0.0677. The van der Waals surface area contributed by atoms with Crippen molar-refractivity contribution in [1.82, 2.24) is 0 Å². The van der Waals surface area contributed by atoms with E-state index in [1.165, 1.54) is 25.7 Å². The van der Waals surface area contributed by atoms with Crippen LogP contribution in [0.15, 0.2) is 0 Å². The summed E-state index contributed by atoms with van der Waals surface area (Å²) in [6, 6.07) is 0. The van der Waals surface area contributed by atoms with E-state index in [-0.39, 0.29) is 7.92 Å². The second-order valence-electron chi connectivity index (χ2n) is 2.41. The molecule has 0 saturated carbocycles. The SMILES string of the molecule is CCCCCCCC#P=O. The third-order valence-corrected chi connectivity index (χ3v) is 1.81. The normalized spacial score (nSPS) is 8.90. The standard InChI is InChI=1S/C8H15OP/c1-2-3-4-5-6-7-8-10-9/h2-7H2,1H3. The number of rotatable bonds is 5. The molecule has 10 heavy (non-hydrogen) atoms. The first kappa shape index (κ1) is 10.0. The van der Waals surface area contributed by atoms with Gasteiger partial charge in [-0.05, 0) is 0 Å². The van der Waals surface area contributed by atoms with Gasteiger partial charge in [-0.15, -0.1) is 0 Å². The monoisotopic (exact) mass is 158 g/mol. The Morgan fingerprint density at radius 2 is 1.90 bits per heavy atom. The summed E-state index contributed by atoms with van der Waals surface area (Å²) in [6.07, 6.45) is 7.22. The van der Waals surface area contributed by atoms with E-state index in [0.29, 0.717) is 0 Å². The number of hydrogen-bond acceptors (Lipinski definition) is 1. The molecule has 0 aliphatic rings. The summed E-state index contributed by atoms with van der Waals surface area (Å²) in [5.74, 6) is 0. The third-order valence-electron chi connectivity index (χ3n) is 1.46. The Morgan fingerprint density at radius 1 is 1.20 bits per heavy atom. The molecule has 2 heteroatoms. The molecule has 0 aromatic rings. The summed E-state index contributed by atoms with van der Waals surface area (Å²) >= 11 is 0. The van der Waals surface area contributed by atoms with Crippen molar-refractivity contribution < 1.29 is 4.57 Å². The van der Waals surface area contributed by atoms with Gasteiger partial charge in [0.2, 0.25) is 0 Å². The summed E-state index contributed by atoms with van der Waals surface area (Å²) in [5, 5.41) is 0. The predicted octanol–water partition coefficient (Wildman–Crippen LogP) is 3.60. The molecule has 0 amide bonds. The van der Waals surface area contributed by atoms with Crippen molar-refractivity contribution in [3.05, 3.63) is 0 Å². The third kappa shape index (κ3) is 8.01. The Morgan fingerprint density at radius 3 is 2.50 bits per heavy atom. The Hall–Kier alpha value is 0.01000. The molecule has 0 aliphatic heterocycles. The Balaban J connectivity index is 2.88. The summed E-state index contributed by atoms with van der Waals surface area (Å²) in [6.45, 7) is 2.20. The number of hydrogen-bond donors (Lipinski definition) is 0. The zero-order chi connectivity index (χ0) is 7.66. The van der Waals surface area contributed by atoms with Crippen LogP contribution >= 0.6 is 7.92 Å². The van der Waals surface area contributed by atoms with Gasteiger partial charge in [0.05, 0.1) is 0 Å². The maximum atomic E-state index is 9.88. The zero-order valence-corrected chi connectivity index (χ0v) is 7.49. The van der Waals surface area contributed by atoms with Crippen LogP contribution in [0, 0.1) is 5.63 Å². The first-order chi connectivity index (χ1) is 4.91. The molecule has 0 heterocycles. The quantitative estimate of drug-likeness (QED) is 0.441. The average Bonchev–Trinajstić information content (AvgIpc) is 1.97. The Kier molecular flexibility index (Phi) is 9.02. The van der Waals surface area contributed by atoms with Gasteiger partial charge in [-0.1, -0.05) is 0 Å². The molecule has 0 radical (unpaired) electrons. The van der Waals surface area contributed by atoms with E-state index in [4.69, 9.17) is 0 Å². The van der Waals surface area contributed by atoms with Crippen molar-refractivity contribution in [3.8, 4) is 5.63 Å². The molecule has 0 aromatic carbocycles. The van der Waals surface area contributed by atoms with Crippen molar-refractivity contribution in [1.29, 1.82) is 0 Å². The van der Waals surface area contributed by atoms with Crippen LogP contribution in [0.1, 0.15) is 45.4 Å². The van der Waals surface area contributed by atoms with Gasteiger partial charge in [0, 0.05) is 0 Å². The summed E-state index contributed by atoms with van der Waals surface area (Å²) < 4.78 is 9.88. The van der Waals surface area contributed by atoms with Gasteiger partial charge in [-0.2, -0.15) is 0 Å². The molecule has 0 aromatic heterocycles. The van der Waals surface area contributed by atoms with Crippen LogP contribution < -0.4 is 0 Å². The molecule has 0 fully saturated rings. The fourth-order valence-electron chi connectivity index (χ4n) is 0.853. The summed E-state index contributed by atoms with van der Waals surface area (Å²) in [4.78, 5) is 0. The molecule has 0 unspecified atom stereocenters. The fourth-order valence-corrected chi connectivity index (χ4v) is 1.10. The van der Waals surface area contributed by atoms with Crippen LogP contribution in [0.5, 0.6) is 0 Å². The summed E-state index contributed by atoms with van der Waals surface area (Å²) in [7, 11) is 0.0677. The van der Waals surface area contributed by atoms with E-state index < -0.39 is 0 Å². The molecular formula is C8H15OP. The fraction of sp³-hybridized carbons (Fsp3) is 0.875. The van der Waals surface area contributed by atoms with E-state index >= 15 is 0 Å². The molecule has 58 valence electrons. The second kappa shape index (κ2) is 9.01. The van der Waals surface area contributed by atoms with E-state index in [1.807, 2.05) is 0 Å². The second-order valence-corrected chi connectivity index (χ2v) is 2.91. The minimum atomic E-state index is 0.0677. The van der Waals surface area contributed by atoms with Crippen LogP contribution in [0.4, 0.5) is 0 Å². The van der Waals surface area contributed by atoms with E-state index in [0.717, 1.165) is 12.8 Å². The predicted molar refractivity (Wildman–Crippen MR) is 44.9 cm³/mol. The van der Waals surface area contributed by atoms with E-state index in [9.17, 15) is 4.57 Å². The van der Waals surface area contributed by atoms with Crippen molar-refractivity contribution in [2.24, 2.45) is 0 Å². The molecular weight excluding hydrogens is 143 g/mol. The molecule has 0 bridgehead atoms. The molecule has 0 aliphatic carbocycles. The van der Waals surface area contributed by atoms with Gasteiger partial charge in [-0.25, -0.2) is 0 Å². The van der Waals surface area contributed by atoms with Crippen molar-refractivity contribution >= 4 is 7.92 Å². The molecule has 0 rings (SSSR count). The van der Waals surface area contributed by atoms with Crippen LogP contribution in [-0.2, 0) is 4.57 Å². The molecule has 0 atom stereocenters. The van der Waals surface area contributed by atoms with Gasteiger partial charge in [0.1, 0.15) is 0 Å². The van der Waals surface area contributed by atoms with Crippen LogP contribution in [0.25, 0.3) is 0 Å². The van der Waals surface area contributed by atoms with Crippen LogP contribution in [0.2, 0.25) is 0 Å². The van der Waals surface area contributed by atoms with Crippen molar-refractivity contribution in [2.75, 3.05) is 0 Å². The molecule has 0 spiro atoms. The summed E-state index contributed by atoms with van der Waals surface area (Å²) in [5.41, 5.74) is 2.74. The van der Waals surface area contributed by atoms with Gasteiger partial charge in [0.15, 0.2) is 0 Å². The Labute approximate surface area is 64.3 Å². The topological polar surface area (TPSA) is 17.1 Å². The van der Waals surface area contributed by atoms with Crippen molar-refractivity contribution in [2.45, 2.75) is 45.4 Å². The van der Waals surface area contributed by atoms with Gasteiger partial charge >= 0.3 is 63.6 Å².